The summed E-state index contributed by atoms with van der Waals surface area (Å²) in [6.45, 7) is 0. The number of primary amides is 1. The van der Waals surface area contributed by atoms with Gasteiger partial charge in [0.2, 0.25) is 0 Å². The van der Waals surface area contributed by atoms with Crippen molar-refractivity contribution in [3.8, 4) is 0 Å². The number of nitrogens with two attached hydrogens (primary N) is 1. The third-order valence-electron chi connectivity index (χ3n) is 2.62. The van der Waals surface area contributed by atoms with Crippen molar-refractivity contribution in [2.45, 2.75) is 0 Å². The number of carbonyl (C=O) groups is 1. The lowest BCUT2D eigenvalue weighted by molar-refractivity contribution is 0.0457. The number of anilines is 2. The SMILES string of the molecule is NC(=O)N(O)S(=O)(=O)N(c1ccccc1)c1ccccc1. The summed E-state index contributed by atoms with van der Waals surface area (Å²) >= 11 is 0. The number of carbonyl (C=O) groups excluding carboxylic acids is 1. The molecule has 2 amide bonds. The summed E-state index contributed by atoms with van der Waals surface area (Å²) in [5, 5.41) is 9.48. The van der Waals surface area contributed by atoms with Crippen LogP contribution < -0.4 is 10.0 Å². The van der Waals surface area contributed by atoms with Crippen LogP contribution in [0.25, 0.3) is 0 Å². The summed E-state index contributed by atoms with van der Waals surface area (Å²) in [4.78, 5) is 11.0. The Morgan fingerprint density at radius 3 is 1.62 bits per heavy atom. The summed E-state index contributed by atoms with van der Waals surface area (Å²) in [6.07, 6.45) is 0. The van der Waals surface area contributed by atoms with Gasteiger partial charge < -0.3 is 5.73 Å². The largest absolute Gasteiger partial charge is 0.357 e. The van der Waals surface area contributed by atoms with E-state index in [1.807, 2.05) is 0 Å². The summed E-state index contributed by atoms with van der Waals surface area (Å²) in [7, 11) is -4.56. The number of para-hydroxylation sites is 2. The van der Waals surface area contributed by atoms with Gasteiger partial charge in [-0.05, 0) is 24.3 Å². The third kappa shape index (κ3) is 2.96. The van der Waals surface area contributed by atoms with Crippen LogP contribution in [0, 0.1) is 0 Å². The van der Waals surface area contributed by atoms with Gasteiger partial charge >= 0.3 is 16.2 Å². The van der Waals surface area contributed by atoms with Crippen molar-refractivity contribution in [3.05, 3.63) is 60.7 Å². The molecule has 0 fully saturated rings. The van der Waals surface area contributed by atoms with E-state index in [1.54, 1.807) is 36.4 Å². The summed E-state index contributed by atoms with van der Waals surface area (Å²) < 4.78 is 25.1. The van der Waals surface area contributed by atoms with Crippen LogP contribution in [0.5, 0.6) is 0 Å². The fraction of sp³-hybridized carbons (Fsp3) is 0. The van der Waals surface area contributed by atoms with Crippen LogP contribution in [-0.2, 0) is 10.2 Å². The third-order valence-corrected chi connectivity index (χ3v) is 4.12. The van der Waals surface area contributed by atoms with Gasteiger partial charge in [0, 0.05) is 0 Å². The lowest BCUT2D eigenvalue weighted by Gasteiger charge is -2.26. The van der Waals surface area contributed by atoms with Gasteiger partial charge in [-0.25, -0.2) is 9.10 Å². The van der Waals surface area contributed by atoms with Gasteiger partial charge in [0.15, 0.2) is 0 Å². The molecule has 0 aromatic heterocycles. The predicted octanol–water partition coefficient (Wildman–Crippen LogP) is 1.84. The second-order valence-corrected chi connectivity index (χ2v) is 5.63. The highest BCUT2D eigenvalue weighted by Crippen LogP contribution is 2.29. The topological polar surface area (TPSA) is 104 Å². The van der Waals surface area contributed by atoms with E-state index < -0.39 is 20.7 Å². The van der Waals surface area contributed by atoms with Crippen LogP contribution in [-0.4, -0.2) is 24.1 Å². The van der Waals surface area contributed by atoms with Crippen molar-refractivity contribution >= 4 is 27.6 Å². The van der Waals surface area contributed by atoms with Gasteiger partial charge in [0.05, 0.1) is 11.4 Å². The molecule has 7 nitrogen and oxygen atoms in total. The molecule has 0 aliphatic heterocycles. The monoisotopic (exact) mass is 307 g/mol. The Hall–Kier alpha value is -2.58. The van der Waals surface area contributed by atoms with Gasteiger partial charge in [-0.1, -0.05) is 40.9 Å². The zero-order valence-electron chi connectivity index (χ0n) is 10.8. The lowest BCUT2D eigenvalue weighted by atomic mass is 10.3. The number of rotatable bonds is 4. The molecule has 0 radical (unpaired) electrons. The fourth-order valence-corrected chi connectivity index (χ4v) is 2.89. The summed E-state index contributed by atoms with van der Waals surface area (Å²) in [6, 6.07) is 14.6. The first-order chi connectivity index (χ1) is 9.94. The second kappa shape index (κ2) is 5.81. The maximum atomic E-state index is 12.4. The highest BCUT2D eigenvalue weighted by atomic mass is 32.2. The van der Waals surface area contributed by atoms with Crippen LogP contribution >= 0.6 is 0 Å². The van der Waals surface area contributed by atoms with Crippen LogP contribution in [0.3, 0.4) is 0 Å². The van der Waals surface area contributed by atoms with Crippen molar-refractivity contribution in [1.29, 1.82) is 0 Å². The molecule has 0 saturated heterocycles. The summed E-state index contributed by atoms with van der Waals surface area (Å²) in [5.74, 6) is 0. The van der Waals surface area contributed by atoms with Crippen molar-refractivity contribution in [2.24, 2.45) is 5.73 Å². The Bertz CT molecular complexity index is 680. The zero-order chi connectivity index (χ0) is 15.5. The molecule has 0 spiro atoms. The van der Waals surface area contributed by atoms with Gasteiger partial charge in [-0.15, -0.1) is 0 Å². The normalized spacial score (nSPS) is 10.9. The number of hydrogen-bond acceptors (Lipinski definition) is 4. The number of hydrogen-bond donors (Lipinski definition) is 2. The first kappa shape index (κ1) is 14.8. The molecule has 0 unspecified atom stereocenters. The maximum absolute atomic E-state index is 12.4. The van der Waals surface area contributed by atoms with E-state index in [0.717, 1.165) is 4.31 Å². The molecule has 3 N–H and O–H groups in total. The molecule has 8 heteroatoms. The molecule has 2 rings (SSSR count). The van der Waals surface area contributed by atoms with Gasteiger partial charge in [0.1, 0.15) is 0 Å². The highest BCUT2D eigenvalue weighted by molar-refractivity contribution is 7.91. The molecule has 0 saturated carbocycles. The minimum Gasteiger partial charge on any atom is -0.349 e. The summed E-state index contributed by atoms with van der Waals surface area (Å²) in [5.41, 5.74) is 5.35. The molecule has 21 heavy (non-hydrogen) atoms. The average molecular weight is 307 g/mol. The molecular formula is C13H13N3O4S. The number of urea groups is 1. The number of benzene rings is 2. The van der Waals surface area contributed by atoms with E-state index in [-0.39, 0.29) is 11.4 Å². The Morgan fingerprint density at radius 2 is 1.29 bits per heavy atom. The lowest BCUT2D eigenvalue weighted by Crippen LogP contribution is -2.45. The fourth-order valence-electron chi connectivity index (χ4n) is 1.73. The van der Waals surface area contributed by atoms with E-state index in [2.05, 4.69) is 0 Å². The Labute approximate surface area is 122 Å². The van der Waals surface area contributed by atoms with Crippen LogP contribution in [0.2, 0.25) is 0 Å². The minimum absolute atomic E-state index is 0.254. The number of amides is 2. The van der Waals surface area contributed by atoms with E-state index in [1.165, 1.54) is 24.3 Å². The van der Waals surface area contributed by atoms with Gasteiger partial charge in [-0.2, -0.15) is 8.42 Å². The van der Waals surface area contributed by atoms with Crippen LogP contribution in [0.4, 0.5) is 16.2 Å². The first-order valence-corrected chi connectivity index (χ1v) is 7.28. The standard InChI is InChI=1S/C13H13N3O4S/c14-13(17)16(18)21(19,20)15(11-7-3-1-4-8-11)12-9-5-2-6-10-12/h1-10,18H,(H2,14,17). The molecule has 0 atom stereocenters. The molecular weight excluding hydrogens is 294 g/mol. The average Bonchev–Trinajstić information content (AvgIpc) is 2.48. The van der Waals surface area contributed by atoms with Gasteiger partial charge in [0.25, 0.3) is 0 Å². The predicted molar refractivity (Wildman–Crippen MR) is 77.2 cm³/mol. The van der Waals surface area contributed by atoms with Crippen LogP contribution in [0.1, 0.15) is 0 Å². The molecule has 2 aromatic carbocycles. The second-order valence-electron chi connectivity index (χ2n) is 4.02. The maximum Gasteiger partial charge on any atom is 0.357 e. The number of hydroxylamine groups is 1. The Balaban J connectivity index is 2.60. The highest BCUT2D eigenvalue weighted by Gasteiger charge is 2.33. The van der Waals surface area contributed by atoms with Crippen LogP contribution in [0.15, 0.2) is 60.7 Å². The van der Waals surface area contributed by atoms with Crippen molar-refractivity contribution in [3.63, 3.8) is 0 Å². The Morgan fingerprint density at radius 1 is 0.905 bits per heavy atom. The van der Waals surface area contributed by atoms with E-state index >= 15 is 0 Å². The Kier molecular flexibility index (Phi) is 4.10. The molecule has 0 bridgehead atoms. The smallest absolute Gasteiger partial charge is 0.349 e. The van der Waals surface area contributed by atoms with E-state index in [9.17, 15) is 18.4 Å². The number of nitrogens with zero attached hydrogens (tertiary/aromatic N) is 2. The molecule has 110 valence electrons. The molecule has 2 aromatic rings. The van der Waals surface area contributed by atoms with Crippen molar-refractivity contribution in [2.75, 3.05) is 4.31 Å². The molecule has 0 aliphatic carbocycles. The molecule has 0 heterocycles. The first-order valence-electron chi connectivity index (χ1n) is 5.88. The van der Waals surface area contributed by atoms with Crippen molar-refractivity contribution in [1.82, 2.24) is 4.47 Å². The zero-order valence-corrected chi connectivity index (χ0v) is 11.6. The van der Waals surface area contributed by atoms with E-state index in [4.69, 9.17) is 5.73 Å². The molecule has 0 aliphatic rings. The van der Waals surface area contributed by atoms with E-state index in [0.29, 0.717) is 0 Å². The van der Waals surface area contributed by atoms with Gasteiger partial charge in [-0.3, -0.25) is 5.21 Å². The quantitative estimate of drug-likeness (QED) is 0.664. The minimum atomic E-state index is -4.56. The van der Waals surface area contributed by atoms with Crippen molar-refractivity contribution < 1.29 is 18.4 Å².